The summed E-state index contributed by atoms with van der Waals surface area (Å²) in [7, 11) is -3.05. The minimum atomic E-state index is -3.05. The van der Waals surface area contributed by atoms with E-state index in [1.54, 1.807) is 11.0 Å². The number of rotatable bonds is 7. The monoisotopic (exact) mass is 349 g/mol. The van der Waals surface area contributed by atoms with Crippen molar-refractivity contribution in [3.8, 4) is 5.75 Å². The molecule has 7 heteroatoms. The predicted molar refractivity (Wildman–Crippen MR) is 91.5 cm³/mol. The number of nitrogens with zero attached hydrogens (tertiary/aromatic N) is 3. The van der Waals surface area contributed by atoms with Crippen LogP contribution in [0.4, 0.5) is 0 Å². The molecule has 0 aliphatic heterocycles. The first kappa shape index (κ1) is 17.0. The van der Waals surface area contributed by atoms with Gasteiger partial charge in [-0.15, -0.1) is 0 Å². The quantitative estimate of drug-likeness (QED) is 0.768. The summed E-state index contributed by atoms with van der Waals surface area (Å²) in [6.45, 7) is 0.615. The number of benzene rings is 1. The second-order valence-corrected chi connectivity index (χ2v) is 8.55. The van der Waals surface area contributed by atoms with Gasteiger partial charge in [0.15, 0.2) is 15.7 Å². The van der Waals surface area contributed by atoms with Crippen LogP contribution in [-0.4, -0.2) is 34.2 Å². The maximum atomic E-state index is 12.4. The van der Waals surface area contributed by atoms with Crippen LogP contribution in [0.15, 0.2) is 36.7 Å². The lowest BCUT2D eigenvalue weighted by Crippen LogP contribution is -2.28. The number of aromatic nitrogens is 3. The third-order valence-electron chi connectivity index (χ3n) is 4.36. The van der Waals surface area contributed by atoms with Crippen LogP contribution in [0.3, 0.4) is 0 Å². The highest BCUT2D eigenvalue weighted by Crippen LogP contribution is 2.24. The molecule has 0 spiro atoms. The van der Waals surface area contributed by atoms with Crippen molar-refractivity contribution in [2.45, 2.75) is 50.5 Å². The molecule has 0 saturated heterocycles. The molecule has 0 radical (unpaired) electrons. The van der Waals surface area contributed by atoms with Crippen molar-refractivity contribution in [1.82, 2.24) is 14.8 Å². The molecule has 1 fully saturated rings. The van der Waals surface area contributed by atoms with E-state index in [-0.39, 0.29) is 17.6 Å². The molecule has 6 nitrogen and oxygen atoms in total. The van der Waals surface area contributed by atoms with Crippen molar-refractivity contribution in [1.29, 1.82) is 0 Å². The van der Waals surface area contributed by atoms with Crippen LogP contribution in [0.1, 0.15) is 37.9 Å². The second-order valence-electron chi connectivity index (χ2n) is 6.15. The highest BCUT2D eigenvalue weighted by atomic mass is 32.2. The average Bonchev–Trinajstić information content (AvgIpc) is 3.08. The molecule has 1 aliphatic rings. The molecule has 3 rings (SSSR count). The molecular formula is C17H23N3O3S. The van der Waals surface area contributed by atoms with Crippen LogP contribution in [0.25, 0.3) is 0 Å². The lowest BCUT2D eigenvalue weighted by molar-refractivity contribution is 0.295. The summed E-state index contributed by atoms with van der Waals surface area (Å²) in [5.74, 6) is 1.43. The molecule has 0 bridgehead atoms. The first-order chi connectivity index (χ1) is 11.6. The number of ether oxygens (including phenoxy) is 1. The van der Waals surface area contributed by atoms with E-state index in [1.165, 1.54) is 0 Å². The van der Waals surface area contributed by atoms with Crippen LogP contribution < -0.4 is 4.74 Å². The molecule has 1 aromatic carbocycles. The molecular weight excluding hydrogens is 326 g/mol. The van der Waals surface area contributed by atoms with Gasteiger partial charge in [-0.25, -0.2) is 13.4 Å². The summed E-state index contributed by atoms with van der Waals surface area (Å²) in [4.78, 5) is 4.18. The average molecular weight is 349 g/mol. The fourth-order valence-electron chi connectivity index (χ4n) is 2.98. The van der Waals surface area contributed by atoms with Gasteiger partial charge in [-0.2, -0.15) is 5.10 Å². The highest BCUT2D eigenvalue weighted by molar-refractivity contribution is 7.92. The molecule has 0 N–H and O–H groups in total. The van der Waals surface area contributed by atoms with E-state index in [2.05, 4.69) is 10.1 Å². The van der Waals surface area contributed by atoms with Gasteiger partial charge in [-0.1, -0.05) is 37.5 Å². The van der Waals surface area contributed by atoms with E-state index in [4.69, 9.17) is 4.74 Å². The lowest BCUT2D eigenvalue weighted by atomic mass is 10.0. The van der Waals surface area contributed by atoms with Crippen molar-refractivity contribution < 1.29 is 13.2 Å². The van der Waals surface area contributed by atoms with E-state index in [9.17, 15) is 8.42 Å². The van der Waals surface area contributed by atoms with Gasteiger partial charge >= 0.3 is 0 Å². The fraction of sp³-hybridized carbons (Fsp3) is 0.529. The minimum absolute atomic E-state index is 0.125. The molecule has 24 heavy (non-hydrogen) atoms. The first-order valence-electron chi connectivity index (χ1n) is 8.41. The highest BCUT2D eigenvalue weighted by Gasteiger charge is 2.26. The summed E-state index contributed by atoms with van der Waals surface area (Å²) in [6, 6.07) is 9.46. The summed E-state index contributed by atoms with van der Waals surface area (Å²) in [5.41, 5.74) is 0. The van der Waals surface area contributed by atoms with Gasteiger partial charge in [-0.05, 0) is 25.0 Å². The Morgan fingerprint density at radius 1 is 1.12 bits per heavy atom. The van der Waals surface area contributed by atoms with Crippen molar-refractivity contribution in [2.75, 3.05) is 5.75 Å². The van der Waals surface area contributed by atoms with Crippen LogP contribution in [0.2, 0.25) is 0 Å². The molecule has 1 saturated carbocycles. The normalized spacial score (nSPS) is 16.2. The van der Waals surface area contributed by atoms with Gasteiger partial charge in [0.25, 0.3) is 0 Å². The molecule has 0 amide bonds. The van der Waals surface area contributed by atoms with E-state index < -0.39 is 9.84 Å². The van der Waals surface area contributed by atoms with Gasteiger partial charge in [0.1, 0.15) is 18.7 Å². The van der Waals surface area contributed by atoms with Crippen LogP contribution in [-0.2, 0) is 23.0 Å². The SMILES string of the molecule is O=S(=O)(CCn1cnc(COc2ccccc2)n1)C1CCCCC1. The molecule has 0 unspecified atom stereocenters. The van der Waals surface area contributed by atoms with Crippen LogP contribution in [0.5, 0.6) is 5.75 Å². The van der Waals surface area contributed by atoms with Gasteiger partial charge in [0, 0.05) is 0 Å². The van der Waals surface area contributed by atoms with Gasteiger partial charge in [0.05, 0.1) is 17.5 Å². The molecule has 1 aliphatic carbocycles. The number of sulfone groups is 1. The molecule has 130 valence electrons. The standard InChI is InChI=1S/C17H23N3O3S/c21-24(22,16-9-5-2-6-10-16)12-11-20-14-18-17(19-20)13-23-15-7-3-1-4-8-15/h1,3-4,7-8,14,16H,2,5-6,9-13H2. The molecule has 2 aromatic rings. The van der Waals surface area contributed by atoms with Gasteiger partial charge < -0.3 is 4.74 Å². The summed E-state index contributed by atoms with van der Waals surface area (Å²) in [6.07, 6.45) is 6.37. The van der Waals surface area contributed by atoms with Gasteiger partial charge in [0.2, 0.25) is 0 Å². The van der Waals surface area contributed by atoms with Crippen LogP contribution in [0, 0.1) is 0 Å². The number of aryl methyl sites for hydroxylation is 1. The molecule has 1 aromatic heterocycles. The third-order valence-corrected chi connectivity index (χ3v) is 6.60. The van der Waals surface area contributed by atoms with Crippen LogP contribution >= 0.6 is 0 Å². The zero-order chi connectivity index (χ0) is 16.8. The van der Waals surface area contributed by atoms with Crippen molar-refractivity contribution >= 4 is 9.84 Å². The molecule has 1 heterocycles. The maximum absolute atomic E-state index is 12.4. The van der Waals surface area contributed by atoms with Crippen molar-refractivity contribution in [2.24, 2.45) is 0 Å². The van der Waals surface area contributed by atoms with E-state index >= 15 is 0 Å². The topological polar surface area (TPSA) is 74.1 Å². The second kappa shape index (κ2) is 7.79. The summed E-state index contributed by atoms with van der Waals surface area (Å²) in [5, 5.41) is 4.12. The third kappa shape index (κ3) is 4.56. The zero-order valence-corrected chi connectivity index (χ0v) is 14.5. The number of hydrogen-bond acceptors (Lipinski definition) is 5. The Balaban J connectivity index is 1.50. The molecule has 0 atom stereocenters. The Kier molecular flexibility index (Phi) is 5.50. The predicted octanol–water partition coefficient (Wildman–Crippen LogP) is 2.60. The summed E-state index contributed by atoms with van der Waals surface area (Å²) >= 11 is 0. The number of para-hydroxylation sites is 1. The smallest absolute Gasteiger partial charge is 0.188 e. The zero-order valence-electron chi connectivity index (χ0n) is 13.7. The maximum Gasteiger partial charge on any atom is 0.188 e. The Bertz CT molecular complexity index is 737. The van der Waals surface area contributed by atoms with E-state index in [1.807, 2.05) is 30.3 Å². The Labute approximate surface area is 142 Å². The fourth-order valence-corrected chi connectivity index (χ4v) is 4.81. The largest absolute Gasteiger partial charge is 0.486 e. The Morgan fingerprint density at radius 2 is 1.88 bits per heavy atom. The van der Waals surface area contributed by atoms with E-state index in [0.717, 1.165) is 37.9 Å². The summed E-state index contributed by atoms with van der Waals surface area (Å²) < 4.78 is 32.0. The first-order valence-corrected chi connectivity index (χ1v) is 10.1. The van der Waals surface area contributed by atoms with E-state index in [0.29, 0.717) is 12.4 Å². The Hall–Kier alpha value is -1.89. The lowest BCUT2D eigenvalue weighted by Gasteiger charge is -2.21. The van der Waals surface area contributed by atoms with Gasteiger partial charge in [-0.3, -0.25) is 4.68 Å². The number of hydrogen-bond donors (Lipinski definition) is 0. The Morgan fingerprint density at radius 3 is 2.62 bits per heavy atom. The minimum Gasteiger partial charge on any atom is -0.486 e. The van der Waals surface area contributed by atoms with Crippen molar-refractivity contribution in [3.63, 3.8) is 0 Å². The van der Waals surface area contributed by atoms with Crippen molar-refractivity contribution in [3.05, 3.63) is 42.5 Å².